The second kappa shape index (κ2) is 6.58. The Balaban J connectivity index is 1.59. The number of aliphatic hydroxyl groups excluding tert-OH is 1. The molecule has 0 aromatic carbocycles. The minimum Gasteiger partial charge on any atom is -0.396 e. The Kier molecular flexibility index (Phi) is 4.45. The zero-order valence-corrected chi connectivity index (χ0v) is 15.3. The number of nitrogens with zero attached hydrogens (tertiary/aromatic N) is 3. The fraction of sp³-hybridized carbons (Fsp3) is 0.667. The first kappa shape index (κ1) is 16.2. The quantitative estimate of drug-likeness (QED) is 0.891. The van der Waals surface area contributed by atoms with Crippen LogP contribution in [0.5, 0.6) is 0 Å². The van der Waals surface area contributed by atoms with Crippen molar-refractivity contribution in [1.82, 2.24) is 14.9 Å². The monoisotopic (exact) mass is 346 g/mol. The van der Waals surface area contributed by atoms with Crippen molar-refractivity contribution in [2.75, 3.05) is 26.0 Å². The average Bonchev–Trinajstić information content (AvgIpc) is 3.14. The van der Waals surface area contributed by atoms with E-state index in [9.17, 15) is 5.11 Å². The number of thiophene rings is 1. The van der Waals surface area contributed by atoms with Crippen molar-refractivity contribution in [3.8, 4) is 0 Å². The van der Waals surface area contributed by atoms with Gasteiger partial charge >= 0.3 is 0 Å². The summed E-state index contributed by atoms with van der Waals surface area (Å²) in [6.45, 7) is 0.223. The lowest BCUT2D eigenvalue weighted by molar-refractivity contribution is 0.221. The van der Waals surface area contributed by atoms with Crippen LogP contribution in [0.2, 0.25) is 0 Å². The molecule has 0 bridgehead atoms. The molecule has 1 atom stereocenters. The highest BCUT2D eigenvalue weighted by Crippen LogP contribution is 2.45. The molecule has 0 aliphatic heterocycles. The molecule has 2 heterocycles. The van der Waals surface area contributed by atoms with Crippen LogP contribution < -0.4 is 5.32 Å². The van der Waals surface area contributed by atoms with Gasteiger partial charge in [-0.15, -0.1) is 11.3 Å². The molecule has 0 saturated heterocycles. The fourth-order valence-electron chi connectivity index (χ4n) is 4.29. The van der Waals surface area contributed by atoms with Crippen LogP contribution in [0.15, 0.2) is 6.33 Å². The maximum atomic E-state index is 9.72. The van der Waals surface area contributed by atoms with Gasteiger partial charge in [0, 0.05) is 22.9 Å². The first-order valence-corrected chi connectivity index (χ1v) is 9.79. The molecule has 2 N–H and O–H groups in total. The van der Waals surface area contributed by atoms with Gasteiger partial charge in [-0.1, -0.05) is 0 Å². The molecule has 1 saturated carbocycles. The molecule has 0 radical (unpaired) electrons. The molecular formula is C18H26N4OS. The van der Waals surface area contributed by atoms with E-state index in [0.29, 0.717) is 12.1 Å². The maximum Gasteiger partial charge on any atom is 0.138 e. The van der Waals surface area contributed by atoms with Crippen LogP contribution in [-0.2, 0) is 6.42 Å². The summed E-state index contributed by atoms with van der Waals surface area (Å²) in [7, 11) is 4.35. The zero-order valence-electron chi connectivity index (χ0n) is 14.5. The number of aliphatic hydroxyl groups is 1. The number of rotatable bonds is 4. The molecule has 0 amide bonds. The lowest BCUT2D eigenvalue weighted by Crippen LogP contribution is -2.36. The van der Waals surface area contributed by atoms with E-state index in [0.717, 1.165) is 23.5 Å². The number of hydrogen-bond acceptors (Lipinski definition) is 6. The summed E-state index contributed by atoms with van der Waals surface area (Å²) >= 11 is 1.78. The lowest BCUT2D eigenvalue weighted by atomic mass is 9.90. The normalized spacial score (nSPS) is 26.9. The van der Waals surface area contributed by atoms with Crippen molar-refractivity contribution >= 4 is 27.4 Å². The van der Waals surface area contributed by atoms with Gasteiger partial charge in [0.15, 0.2) is 0 Å². The Morgan fingerprint density at radius 3 is 2.71 bits per heavy atom. The molecule has 2 aromatic rings. The van der Waals surface area contributed by atoms with Crippen molar-refractivity contribution in [2.24, 2.45) is 0 Å². The van der Waals surface area contributed by atoms with E-state index in [2.05, 4.69) is 34.3 Å². The molecule has 2 aliphatic rings. The summed E-state index contributed by atoms with van der Waals surface area (Å²) in [6, 6.07) is 1.20. The number of aromatic nitrogens is 2. The van der Waals surface area contributed by atoms with Crippen LogP contribution in [0.4, 0.5) is 5.82 Å². The smallest absolute Gasteiger partial charge is 0.138 e. The predicted molar refractivity (Wildman–Crippen MR) is 98.9 cm³/mol. The molecule has 24 heavy (non-hydrogen) atoms. The summed E-state index contributed by atoms with van der Waals surface area (Å²) in [5.41, 5.74) is 1.31. The summed E-state index contributed by atoms with van der Waals surface area (Å²) in [5, 5.41) is 14.6. The van der Waals surface area contributed by atoms with Gasteiger partial charge in [-0.05, 0) is 58.2 Å². The number of hydrogen-bond donors (Lipinski definition) is 2. The van der Waals surface area contributed by atoms with Gasteiger partial charge in [0.25, 0.3) is 0 Å². The highest BCUT2D eigenvalue weighted by Gasteiger charge is 2.30. The minimum atomic E-state index is 0.223. The Morgan fingerprint density at radius 2 is 2.00 bits per heavy atom. The standard InChI is InChI=1S/C18H26N4OS/c1-22(2)13-6-4-12(5-7-13)21-17-16-15-11(9-23)3-8-14(15)24-18(16)20-10-19-17/h10-13,23H,3-9H2,1-2H3,(H,19,20,21). The first-order valence-electron chi connectivity index (χ1n) is 8.97. The van der Waals surface area contributed by atoms with Crippen molar-refractivity contribution in [3.05, 3.63) is 16.8 Å². The van der Waals surface area contributed by atoms with E-state index in [1.54, 1.807) is 17.7 Å². The Morgan fingerprint density at radius 1 is 1.21 bits per heavy atom. The molecule has 2 aromatic heterocycles. The Bertz CT molecular complexity index is 721. The summed E-state index contributed by atoms with van der Waals surface area (Å²) in [4.78, 5) is 13.9. The molecular weight excluding hydrogens is 320 g/mol. The Labute approximate surface area is 147 Å². The molecule has 1 fully saturated rings. The SMILES string of the molecule is CN(C)C1CCC(Nc2ncnc3sc4c(c23)C(CO)CC4)CC1. The molecule has 2 aliphatic carbocycles. The number of aryl methyl sites for hydroxylation is 1. The van der Waals surface area contributed by atoms with Crippen molar-refractivity contribution in [2.45, 2.75) is 56.5 Å². The number of fused-ring (bicyclic) bond motifs is 3. The topological polar surface area (TPSA) is 61.3 Å². The van der Waals surface area contributed by atoms with Gasteiger partial charge in [-0.3, -0.25) is 0 Å². The molecule has 0 spiro atoms. The van der Waals surface area contributed by atoms with Crippen LogP contribution in [0.3, 0.4) is 0 Å². The third-order valence-corrected chi connectivity index (χ3v) is 6.89. The third kappa shape index (κ3) is 2.80. The van der Waals surface area contributed by atoms with Crippen molar-refractivity contribution < 1.29 is 5.11 Å². The number of anilines is 1. The van der Waals surface area contributed by atoms with Crippen LogP contribution in [0, 0.1) is 0 Å². The summed E-state index contributed by atoms with van der Waals surface area (Å²) in [5.74, 6) is 1.23. The summed E-state index contributed by atoms with van der Waals surface area (Å²) in [6.07, 6.45) is 8.63. The van der Waals surface area contributed by atoms with Crippen LogP contribution >= 0.6 is 11.3 Å². The van der Waals surface area contributed by atoms with E-state index in [-0.39, 0.29) is 12.5 Å². The van der Waals surface area contributed by atoms with E-state index in [1.807, 2.05) is 0 Å². The predicted octanol–water partition coefficient (Wildman–Crippen LogP) is 3.00. The second-order valence-corrected chi connectivity index (χ2v) is 8.46. The maximum absolute atomic E-state index is 9.72. The van der Waals surface area contributed by atoms with Gasteiger partial charge in [-0.25, -0.2) is 9.97 Å². The first-order chi connectivity index (χ1) is 11.7. The zero-order chi connectivity index (χ0) is 16.7. The highest BCUT2D eigenvalue weighted by molar-refractivity contribution is 7.19. The number of nitrogens with one attached hydrogen (secondary N) is 1. The van der Waals surface area contributed by atoms with Crippen molar-refractivity contribution in [3.63, 3.8) is 0 Å². The van der Waals surface area contributed by atoms with Crippen LogP contribution in [0.1, 0.15) is 48.5 Å². The lowest BCUT2D eigenvalue weighted by Gasteiger charge is -2.33. The van der Waals surface area contributed by atoms with Gasteiger partial charge in [0.05, 0.1) is 12.0 Å². The third-order valence-electron chi connectivity index (χ3n) is 5.72. The Hall–Kier alpha value is -1.24. The van der Waals surface area contributed by atoms with E-state index in [4.69, 9.17) is 0 Å². The fourth-order valence-corrected chi connectivity index (χ4v) is 5.53. The van der Waals surface area contributed by atoms with Crippen LogP contribution in [0.25, 0.3) is 10.2 Å². The second-order valence-electron chi connectivity index (χ2n) is 7.37. The molecule has 130 valence electrons. The van der Waals surface area contributed by atoms with Crippen molar-refractivity contribution in [1.29, 1.82) is 0 Å². The van der Waals surface area contributed by atoms with Gasteiger partial charge in [0.1, 0.15) is 17.0 Å². The van der Waals surface area contributed by atoms with E-state index in [1.165, 1.54) is 41.5 Å². The van der Waals surface area contributed by atoms with Gasteiger partial charge in [-0.2, -0.15) is 0 Å². The molecule has 6 heteroatoms. The van der Waals surface area contributed by atoms with E-state index >= 15 is 0 Å². The molecule has 4 rings (SSSR count). The minimum absolute atomic E-state index is 0.223. The average molecular weight is 347 g/mol. The highest BCUT2D eigenvalue weighted by atomic mass is 32.1. The molecule has 1 unspecified atom stereocenters. The van der Waals surface area contributed by atoms with Gasteiger partial charge < -0.3 is 15.3 Å². The molecule has 5 nitrogen and oxygen atoms in total. The summed E-state index contributed by atoms with van der Waals surface area (Å²) < 4.78 is 0. The van der Waals surface area contributed by atoms with Crippen LogP contribution in [-0.4, -0.2) is 52.8 Å². The van der Waals surface area contributed by atoms with Gasteiger partial charge in [0.2, 0.25) is 0 Å². The largest absolute Gasteiger partial charge is 0.396 e. The van der Waals surface area contributed by atoms with E-state index < -0.39 is 0 Å².